The van der Waals surface area contributed by atoms with Gasteiger partial charge in [-0.3, -0.25) is 4.90 Å². The van der Waals surface area contributed by atoms with Gasteiger partial charge in [-0.05, 0) is 14.1 Å². The first kappa shape index (κ1) is 13.7. The van der Waals surface area contributed by atoms with E-state index in [0.717, 1.165) is 50.1 Å². The second kappa shape index (κ2) is 6.47. The molecule has 1 fully saturated rings. The van der Waals surface area contributed by atoms with Crippen LogP contribution in [0.3, 0.4) is 0 Å². The Morgan fingerprint density at radius 2 is 2.06 bits per heavy atom. The first-order valence-corrected chi connectivity index (χ1v) is 7.33. The first-order valence-electron chi connectivity index (χ1n) is 6.45. The summed E-state index contributed by atoms with van der Waals surface area (Å²) in [6.45, 7) is 7.24. The van der Waals surface area contributed by atoms with Crippen LogP contribution < -0.4 is 10.6 Å². The van der Waals surface area contributed by atoms with Gasteiger partial charge < -0.3 is 15.5 Å². The Bertz CT molecular complexity index is 357. The zero-order chi connectivity index (χ0) is 13.0. The number of anilines is 1. The maximum Gasteiger partial charge on any atom is 0.185 e. The third kappa shape index (κ3) is 3.65. The molecule has 2 rings (SSSR count). The maximum absolute atomic E-state index is 5.60. The molecule has 0 spiro atoms. The molecule has 0 aromatic carbocycles. The number of nitrogens with zero attached hydrogens (tertiary/aromatic N) is 4. The van der Waals surface area contributed by atoms with E-state index < -0.39 is 0 Å². The number of thiazole rings is 1. The van der Waals surface area contributed by atoms with Crippen molar-refractivity contribution in [1.82, 2.24) is 14.8 Å². The van der Waals surface area contributed by atoms with Crippen LogP contribution >= 0.6 is 11.3 Å². The van der Waals surface area contributed by atoms with Crippen molar-refractivity contribution in [3.8, 4) is 0 Å². The molecule has 18 heavy (non-hydrogen) atoms. The van der Waals surface area contributed by atoms with Gasteiger partial charge in [0.25, 0.3) is 0 Å². The molecule has 0 amide bonds. The highest BCUT2D eigenvalue weighted by atomic mass is 32.1. The van der Waals surface area contributed by atoms with Crippen LogP contribution in [0.25, 0.3) is 0 Å². The lowest BCUT2D eigenvalue weighted by molar-refractivity contribution is 0.229. The monoisotopic (exact) mass is 269 g/mol. The molecule has 1 saturated heterocycles. The molecule has 1 aromatic heterocycles. The van der Waals surface area contributed by atoms with E-state index >= 15 is 0 Å². The van der Waals surface area contributed by atoms with Gasteiger partial charge in [-0.1, -0.05) is 0 Å². The number of hydrogen-bond donors (Lipinski definition) is 1. The molecular weight excluding hydrogens is 246 g/mol. The van der Waals surface area contributed by atoms with Gasteiger partial charge in [-0.15, -0.1) is 11.3 Å². The molecule has 1 aromatic rings. The Morgan fingerprint density at radius 1 is 1.33 bits per heavy atom. The Morgan fingerprint density at radius 3 is 2.61 bits per heavy atom. The van der Waals surface area contributed by atoms with Crippen molar-refractivity contribution in [2.45, 2.75) is 6.54 Å². The average Bonchev–Trinajstić information content (AvgIpc) is 2.85. The quantitative estimate of drug-likeness (QED) is 0.832. The molecule has 2 heterocycles. The molecule has 102 valence electrons. The number of likely N-dealkylation sites (N-methyl/N-ethyl adjacent to an activating group) is 1. The lowest BCUT2D eigenvalue weighted by atomic mass is 10.3. The highest BCUT2D eigenvalue weighted by Gasteiger charge is 2.18. The first-order chi connectivity index (χ1) is 8.69. The molecule has 0 unspecified atom stereocenters. The van der Waals surface area contributed by atoms with Gasteiger partial charge in [0.2, 0.25) is 0 Å². The van der Waals surface area contributed by atoms with Crippen molar-refractivity contribution in [3.05, 3.63) is 11.1 Å². The molecule has 2 N–H and O–H groups in total. The van der Waals surface area contributed by atoms with E-state index in [1.165, 1.54) is 0 Å². The largest absolute Gasteiger partial charge is 0.346 e. The summed E-state index contributed by atoms with van der Waals surface area (Å²) < 4.78 is 0. The predicted molar refractivity (Wildman–Crippen MR) is 77.2 cm³/mol. The Hall–Kier alpha value is -0.690. The molecule has 0 atom stereocenters. The van der Waals surface area contributed by atoms with Crippen LogP contribution in [-0.4, -0.2) is 68.1 Å². The van der Waals surface area contributed by atoms with Crippen LogP contribution in [0.4, 0.5) is 5.13 Å². The van der Waals surface area contributed by atoms with E-state index in [2.05, 4.69) is 39.2 Å². The zero-order valence-electron chi connectivity index (χ0n) is 11.3. The van der Waals surface area contributed by atoms with Gasteiger partial charge in [0, 0.05) is 51.2 Å². The van der Waals surface area contributed by atoms with Gasteiger partial charge in [0.1, 0.15) is 0 Å². The minimum absolute atomic E-state index is 0.541. The minimum atomic E-state index is 0.541. The Balaban J connectivity index is 1.79. The number of rotatable bonds is 5. The predicted octanol–water partition coefficient (Wildman–Crippen LogP) is 0.285. The van der Waals surface area contributed by atoms with Crippen molar-refractivity contribution in [2.24, 2.45) is 5.73 Å². The van der Waals surface area contributed by atoms with Crippen LogP contribution in [-0.2, 0) is 6.54 Å². The average molecular weight is 269 g/mol. The number of aromatic nitrogens is 1. The van der Waals surface area contributed by atoms with Crippen LogP contribution in [0.15, 0.2) is 5.38 Å². The minimum Gasteiger partial charge on any atom is -0.346 e. The van der Waals surface area contributed by atoms with Crippen molar-refractivity contribution in [3.63, 3.8) is 0 Å². The van der Waals surface area contributed by atoms with E-state index in [-0.39, 0.29) is 0 Å². The molecule has 5 nitrogen and oxygen atoms in total. The summed E-state index contributed by atoms with van der Waals surface area (Å²) in [5, 5.41) is 3.19. The number of nitrogens with two attached hydrogens (primary N) is 1. The van der Waals surface area contributed by atoms with E-state index in [0.29, 0.717) is 6.54 Å². The molecular formula is C12H23N5S. The fourth-order valence-electron chi connectivity index (χ4n) is 2.04. The van der Waals surface area contributed by atoms with Gasteiger partial charge in [-0.2, -0.15) is 0 Å². The number of hydrogen-bond acceptors (Lipinski definition) is 6. The molecule has 6 heteroatoms. The van der Waals surface area contributed by atoms with Crippen molar-refractivity contribution in [2.75, 3.05) is 58.3 Å². The lowest BCUT2D eigenvalue weighted by Crippen LogP contribution is -2.48. The highest BCUT2D eigenvalue weighted by Crippen LogP contribution is 2.21. The third-order valence-corrected chi connectivity index (χ3v) is 4.21. The van der Waals surface area contributed by atoms with Gasteiger partial charge >= 0.3 is 0 Å². The van der Waals surface area contributed by atoms with Crippen LogP contribution in [0.1, 0.15) is 5.69 Å². The fourth-order valence-corrected chi connectivity index (χ4v) is 2.93. The van der Waals surface area contributed by atoms with E-state index in [9.17, 15) is 0 Å². The summed E-state index contributed by atoms with van der Waals surface area (Å²) in [5.74, 6) is 0. The summed E-state index contributed by atoms with van der Waals surface area (Å²) in [7, 11) is 4.25. The standard InChI is InChI=1S/C12H23N5S/c1-15(2)3-4-16-5-7-17(8-6-16)12-14-11(9-13)10-18-12/h10H,3-9,13H2,1-2H3. The molecule has 1 aliphatic rings. The van der Waals surface area contributed by atoms with Crippen molar-refractivity contribution >= 4 is 16.5 Å². The van der Waals surface area contributed by atoms with Crippen molar-refractivity contribution in [1.29, 1.82) is 0 Å². The summed E-state index contributed by atoms with van der Waals surface area (Å²) in [4.78, 5) is 11.7. The lowest BCUT2D eigenvalue weighted by Gasteiger charge is -2.35. The van der Waals surface area contributed by atoms with E-state index in [1.54, 1.807) is 11.3 Å². The topological polar surface area (TPSA) is 48.6 Å². The molecule has 1 aliphatic heterocycles. The molecule has 0 saturated carbocycles. The van der Waals surface area contributed by atoms with Crippen LogP contribution in [0, 0.1) is 0 Å². The second-order valence-electron chi connectivity index (χ2n) is 4.96. The summed E-state index contributed by atoms with van der Waals surface area (Å²) in [6, 6.07) is 0. The summed E-state index contributed by atoms with van der Waals surface area (Å²) >= 11 is 1.71. The number of piperazine rings is 1. The SMILES string of the molecule is CN(C)CCN1CCN(c2nc(CN)cs2)CC1. The second-order valence-corrected chi connectivity index (χ2v) is 5.79. The van der Waals surface area contributed by atoms with E-state index in [1.807, 2.05) is 0 Å². The highest BCUT2D eigenvalue weighted by molar-refractivity contribution is 7.13. The van der Waals surface area contributed by atoms with Crippen LogP contribution in [0.5, 0.6) is 0 Å². The summed E-state index contributed by atoms with van der Waals surface area (Å²) in [6.07, 6.45) is 0. The zero-order valence-corrected chi connectivity index (χ0v) is 12.1. The Kier molecular flexibility index (Phi) is 4.94. The third-order valence-electron chi connectivity index (χ3n) is 3.26. The molecule has 0 bridgehead atoms. The van der Waals surface area contributed by atoms with Gasteiger partial charge in [0.15, 0.2) is 5.13 Å². The molecule has 0 radical (unpaired) electrons. The van der Waals surface area contributed by atoms with Crippen molar-refractivity contribution < 1.29 is 0 Å². The van der Waals surface area contributed by atoms with Crippen LogP contribution in [0.2, 0.25) is 0 Å². The smallest absolute Gasteiger partial charge is 0.185 e. The molecule has 0 aliphatic carbocycles. The maximum atomic E-state index is 5.60. The van der Waals surface area contributed by atoms with E-state index in [4.69, 9.17) is 5.73 Å². The Labute approximate surface area is 113 Å². The normalized spacial score (nSPS) is 17.7. The fraction of sp³-hybridized carbons (Fsp3) is 0.750. The van der Waals surface area contributed by atoms with Gasteiger partial charge in [-0.25, -0.2) is 4.98 Å². The van der Waals surface area contributed by atoms with Gasteiger partial charge in [0.05, 0.1) is 5.69 Å². The summed E-state index contributed by atoms with van der Waals surface area (Å²) in [5.41, 5.74) is 6.60.